The summed E-state index contributed by atoms with van der Waals surface area (Å²) in [6.45, 7) is 0. The molecule has 0 bridgehead atoms. The number of aromatic nitrogens is 1. The molecular formula is C5H4NORb. The average Bonchev–Trinajstić information content (AvgIpc) is 1.69. The predicted molar refractivity (Wildman–Crippen MR) is 24.7 cm³/mol. The van der Waals surface area contributed by atoms with Crippen molar-refractivity contribution in [3.63, 3.8) is 0 Å². The normalized spacial score (nSPS) is 7.50. The van der Waals surface area contributed by atoms with Gasteiger partial charge in [0.1, 0.15) is 0 Å². The second kappa shape index (κ2) is 4.62. The molecule has 1 rings (SSSR count). The molecule has 2 nitrogen and oxygen atoms in total. The van der Waals surface area contributed by atoms with Gasteiger partial charge in [0.2, 0.25) is 0 Å². The van der Waals surface area contributed by atoms with Crippen LogP contribution >= 0.6 is 0 Å². The van der Waals surface area contributed by atoms with Crippen molar-refractivity contribution in [2.75, 3.05) is 0 Å². The summed E-state index contributed by atoms with van der Waals surface area (Å²) in [5, 5.41) is 8.56. The summed E-state index contributed by atoms with van der Waals surface area (Å²) < 4.78 is 0. The van der Waals surface area contributed by atoms with Gasteiger partial charge in [0.15, 0.2) is 0 Å². The average molecular weight is 180 g/mol. The Hall–Kier alpha value is 0.755. The Morgan fingerprint density at radius 2 is 2.38 bits per heavy atom. The van der Waals surface area contributed by atoms with Crippen LogP contribution in [-0.4, -0.2) is 10.1 Å². The van der Waals surface area contributed by atoms with E-state index in [2.05, 4.69) is 11.2 Å². The van der Waals surface area contributed by atoms with Crippen LogP contribution in [0.15, 0.2) is 18.3 Å². The summed E-state index contributed by atoms with van der Waals surface area (Å²) in [5.41, 5.74) is 0. The topological polar surface area (TPSA) is 33.1 Å². The van der Waals surface area contributed by atoms with E-state index in [1.165, 1.54) is 18.3 Å². The van der Waals surface area contributed by atoms with Crippen molar-refractivity contribution in [1.29, 1.82) is 0 Å². The Morgan fingerprint density at radius 1 is 1.62 bits per heavy atom. The molecule has 0 unspecified atom stereocenters. The zero-order valence-electron chi connectivity index (χ0n) is 4.63. The summed E-state index contributed by atoms with van der Waals surface area (Å²) in [6, 6.07) is 2.90. The quantitative estimate of drug-likeness (QED) is 0.450. The predicted octanol–water partition coefficient (Wildman–Crippen LogP) is -2.41. The Morgan fingerprint density at radius 3 is 2.62 bits per heavy atom. The van der Waals surface area contributed by atoms with E-state index in [4.69, 9.17) is 5.11 Å². The van der Waals surface area contributed by atoms with Crippen LogP contribution in [0.2, 0.25) is 0 Å². The number of hydrogen-bond donors (Lipinski definition) is 1. The molecule has 0 saturated carbocycles. The van der Waals surface area contributed by atoms with Crippen molar-refractivity contribution in [3.8, 4) is 5.75 Å². The molecule has 3 heteroatoms. The Kier molecular flexibility index (Phi) is 5.05. The maximum absolute atomic E-state index is 8.56. The van der Waals surface area contributed by atoms with Gasteiger partial charge in [-0.1, -0.05) is 12.4 Å². The fourth-order valence-electron chi connectivity index (χ4n) is 0.308. The number of rotatable bonds is 0. The SMILES string of the molecule is Oc1c[c-]ncc1.[Rb+]. The van der Waals surface area contributed by atoms with E-state index >= 15 is 0 Å². The van der Waals surface area contributed by atoms with Gasteiger partial charge in [0, 0.05) is 5.75 Å². The van der Waals surface area contributed by atoms with Crippen molar-refractivity contribution < 1.29 is 63.3 Å². The summed E-state index contributed by atoms with van der Waals surface area (Å²) in [5.74, 6) is 0.204. The first-order valence-corrected chi connectivity index (χ1v) is 1.90. The molecule has 0 radical (unpaired) electrons. The minimum Gasteiger partial charge on any atom is -0.566 e. The van der Waals surface area contributed by atoms with Crippen LogP contribution in [0.3, 0.4) is 0 Å². The third-order valence-corrected chi connectivity index (χ3v) is 0.607. The Bertz CT molecular complexity index is 142. The molecular weight excluding hydrogens is 176 g/mol. The first kappa shape index (κ1) is 8.76. The largest absolute Gasteiger partial charge is 1.00 e. The molecule has 0 amide bonds. The van der Waals surface area contributed by atoms with Crippen molar-refractivity contribution in [2.24, 2.45) is 0 Å². The van der Waals surface area contributed by atoms with Crippen LogP contribution in [0.1, 0.15) is 0 Å². The van der Waals surface area contributed by atoms with Crippen molar-refractivity contribution in [3.05, 3.63) is 24.5 Å². The van der Waals surface area contributed by atoms with Gasteiger partial charge in [-0.15, -0.1) is 12.1 Å². The number of hydrogen-bond acceptors (Lipinski definition) is 2. The maximum atomic E-state index is 8.56. The fraction of sp³-hybridized carbons (Fsp3) is 0. The second-order valence-electron chi connectivity index (χ2n) is 1.14. The van der Waals surface area contributed by atoms with Crippen molar-refractivity contribution in [2.45, 2.75) is 0 Å². The van der Waals surface area contributed by atoms with E-state index in [1.54, 1.807) is 0 Å². The van der Waals surface area contributed by atoms with Gasteiger partial charge < -0.3 is 10.1 Å². The van der Waals surface area contributed by atoms with Gasteiger partial charge in [0.25, 0.3) is 0 Å². The molecule has 0 spiro atoms. The van der Waals surface area contributed by atoms with Crippen LogP contribution in [0.5, 0.6) is 5.75 Å². The number of nitrogens with zero attached hydrogens (tertiary/aromatic N) is 1. The third kappa shape index (κ3) is 2.92. The van der Waals surface area contributed by atoms with Gasteiger partial charge in [0.05, 0.1) is 0 Å². The van der Waals surface area contributed by atoms with Gasteiger partial charge in [-0.05, 0) is 0 Å². The van der Waals surface area contributed by atoms with Crippen LogP contribution in [0, 0.1) is 6.20 Å². The Labute approximate surface area is 96.7 Å². The molecule has 0 fully saturated rings. The van der Waals surface area contributed by atoms with Crippen LogP contribution < -0.4 is 58.2 Å². The Balaban J connectivity index is 0.000000490. The molecule has 0 aliphatic carbocycles. The number of aromatic hydroxyl groups is 1. The summed E-state index contributed by atoms with van der Waals surface area (Å²) >= 11 is 0. The van der Waals surface area contributed by atoms with Gasteiger partial charge in [-0.3, -0.25) is 0 Å². The minimum absolute atomic E-state index is 0. The van der Waals surface area contributed by atoms with Crippen LogP contribution in [0.4, 0.5) is 0 Å². The molecule has 1 aromatic heterocycles. The summed E-state index contributed by atoms with van der Waals surface area (Å²) in [4.78, 5) is 3.56. The molecule has 1 heterocycles. The minimum atomic E-state index is 0. The molecule has 0 atom stereocenters. The molecule has 0 aromatic carbocycles. The van der Waals surface area contributed by atoms with E-state index in [0.29, 0.717) is 0 Å². The standard InChI is InChI=1S/C5H4NO.Rb/c7-5-1-3-6-4-2-5;/h1-3H,(H,6,7);/q-1;+1. The van der Waals surface area contributed by atoms with Gasteiger partial charge in [-0.25, -0.2) is 0 Å². The second-order valence-corrected chi connectivity index (χ2v) is 1.14. The van der Waals surface area contributed by atoms with Crippen LogP contribution in [0.25, 0.3) is 0 Å². The number of pyridine rings is 1. The first-order chi connectivity index (χ1) is 3.39. The van der Waals surface area contributed by atoms with Crippen molar-refractivity contribution >= 4 is 0 Å². The van der Waals surface area contributed by atoms with E-state index in [-0.39, 0.29) is 63.9 Å². The zero-order valence-corrected chi connectivity index (χ0v) is 9.54. The third-order valence-electron chi connectivity index (χ3n) is 0.607. The molecule has 1 aromatic rings. The molecule has 36 valence electrons. The van der Waals surface area contributed by atoms with Gasteiger partial charge in [-0.2, -0.15) is 0 Å². The molecule has 0 aliphatic rings. The maximum Gasteiger partial charge on any atom is 1.00 e. The molecule has 0 saturated heterocycles. The smallest absolute Gasteiger partial charge is 0.566 e. The first-order valence-electron chi connectivity index (χ1n) is 1.90. The van der Waals surface area contributed by atoms with Crippen molar-refractivity contribution in [1.82, 2.24) is 4.98 Å². The summed E-state index contributed by atoms with van der Waals surface area (Å²) in [6.07, 6.45) is 3.94. The monoisotopic (exact) mass is 179 g/mol. The van der Waals surface area contributed by atoms with E-state index in [9.17, 15) is 0 Å². The zero-order chi connectivity index (χ0) is 5.11. The van der Waals surface area contributed by atoms with Crippen LogP contribution in [-0.2, 0) is 0 Å². The fourth-order valence-corrected chi connectivity index (χ4v) is 0.308. The van der Waals surface area contributed by atoms with E-state index in [0.717, 1.165) is 0 Å². The summed E-state index contributed by atoms with van der Waals surface area (Å²) in [7, 11) is 0. The molecule has 8 heavy (non-hydrogen) atoms. The molecule has 1 N–H and O–H groups in total. The molecule has 0 aliphatic heterocycles. The van der Waals surface area contributed by atoms with E-state index in [1.807, 2.05) is 0 Å². The van der Waals surface area contributed by atoms with Gasteiger partial charge >= 0.3 is 58.2 Å². The van der Waals surface area contributed by atoms with E-state index < -0.39 is 0 Å².